The van der Waals surface area contributed by atoms with Gasteiger partial charge in [-0.15, -0.1) is 18.3 Å². The number of carbonyl (C=O) groups is 1. The number of hydrogen-bond acceptors (Lipinski definition) is 3. The number of nitrogens with zero attached hydrogens (tertiary/aromatic N) is 1. The standard InChI is InChI=1S/C20H22N2OS/c1-2-13-24-19-10-6-5-9-18(19)21-20(23)15-22-12-11-16-7-3-4-8-17(16)14-22/h2-10H,1,11-15H2,(H,21,23). The second-order valence-corrected chi connectivity index (χ2v) is 6.94. The molecule has 0 fully saturated rings. The lowest BCUT2D eigenvalue weighted by Gasteiger charge is -2.28. The second-order valence-electron chi connectivity index (χ2n) is 5.87. The van der Waals surface area contributed by atoms with Gasteiger partial charge in [-0.05, 0) is 29.7 Å². The molecule has 3 nitrogen and oxygen atoms in total. The van der Waals surface area contributed by atoms with Gasteiger partial charge in [0, 0.05) is 23.7 Å². The summed E-state index contributed by atoms with van der Waals surface area (Å²) in [6, 6.07) is 16.4. The van der Waals surface area contributed by atoms with Crippen molar-refractivity contribution in [1.82, 2.24) is 4.90 Å². The monoisotopic (exact) mass is 338 g/mol. The van der Waals surface area contributed by atoms with E-state index < -0.39 is 0 Å². The smallest absolute Gasteiger partial charge is 0.238 e. The van der Waals surface area contributed by atoms with Crippen molar-refractivity contribution in [2.45, 2.75) is 17.9 Å². The number of anilines is 1. The Kier molecular flexibility index (Phi) is 5.72. The lowest BCUT2D eigenvalue weighted by atomic mass is 10.00. The molecule has 1 heterocycles. The molecule has 2 aromatic carbocycles. The molecule has 1 N–H and O–H groups in total. The van der Waals surface area contributed by atoms with Crippen LogP contribution < -0.4 is 5.32 Å². The molecule has 24 heavy (non-hydrogen) atoms. The van der Waals surface area contributed by atoms with Gasteiger partial charge in [-0.2, -0.15) is 0 Å². The Hall–Kier alpha value is -2.04. The number of amides is 1. The number of nitrogens with one attached hydrogen (secondary N) is 1. The van der Waals surface area contributed by atoms with Crippen LogP contribution in [0.3, 0.4) is 0 Å². The minimum atomic E-state index is 0.0426. The van der Waals surface area contributed by atoms with E-state index >= 15 is 0 Å². The predicted octanol–water partition coefficient (Wildman–Crippen LogP) is 3.96. The number of fused-ring (bicyclic) bond motifs is 1. The molecule has 0 atom stereocenters. The van der Waals surface area contributed by atoms with E-state index in [9.17, 15) is 4.79 Å². The molecule has 0 aromatic heterocycles. The van der Waals surface area contributed by atoms with Gasteiger partial charge < -0.3 is 5.32 Å². The summed E-state index contributed by atoms with van der Waals surface area (Å²) in [6.07, 6.45) is 2.88. The highest BCUT2D eigenvalue weighted by Gasteiger charge is 2.18. The quantitative estimate of drug-likeness (QED) is 0.639. The van der Waals surface area contributed by atoms with E-state index in [0.717, 1.165) is 35.8 Å². The van der Waals surface area contributed by atoms with Gasteiger partial charge >= 0.3 is 0 Å². The molecule has 4 heteroatoms. The molecule has 0 aliphatic carbocycles. The van der Waals surface area contributed by atoms with Crippen LogP contribution in [0, 0.1) is 0 Å². The van der Waals surface area contributed by atoms with Crippen LogP contribution >= 0.6 is 11.8 Å². The summed E-state index contributed by atoms with van der Waals surface area (Å²) < 4.78 is 0. The first-order valence-electron chi connectivity index (χ1n) is 8.18. The van der Waals surface area contributed by atoms with Gasteiger partial charge in [0.15, 0.2) is 0 Å². The van der Waals surface area contributed by atoms with Gasteiger partial charge in [0.1, 0.15) is 0 Å². The Morgan fingerprint density at radius 1 is 1.17 bits per heavy atom. The fraction of sp³-hybridized carbons (Fsp3) is 0.250. The van der Waals surface area contributed by atoms with E-state index in [1.165, 1.54) is 11.1 Å². The Morgan fingerprint density at radius 3 is 2.75 bits per heavy atom. The van der Waals surface area contributed by atoms with Crippen molar-refractivity contribution in [3.8, 4) is 0 Å². The van der Waals surface area contributed by atoms with Crippen LogP contribution in [0.25, 0.3) is 0 Å². The van der Waals surface area contributed by atoms with Crippen LogP contribution in [0.4, 0.5) is 5.69 Å². The van der Waals surface area contributed by atoms with Crippen LogP contribution in [0.5, 0.6) is 0 Å². The Bertz CT molecular complexity index is 729. The minimum Gasteiger partial charge on any atom is -0.324 e. The summed E-state index contributed by atoms with van der Waals surface area (Å²) in [6.45, 7) is 5.94. The van der Waals surface area contributed by atoms with Gasteiger partial charge in [0.25, 0.3) is 0 Å². The lowest BCUT2D eigenvalue weighted by Crippen LogP contribution is -2.37. The first-order valence-corrected chi connectivity index (χ1v) is 9.16. The van der Waals surface area contributed by atoms with E-state index in [0.29, 0.717) is 6.54 Å². The molecule has 3 rings (SSSR count). The van der Waals surface area contributed by atoms with Crippen molar-refractivity contribution in [1.29, 1.82) is 0 Å². The molecule has 2 aromatic rings. The zero-order valence-electron chi connectivity index (χ0n) is 13.7. The summed E-state index contributed by atoms with van der Waals surface area (Å²) >= 11 is 1.68. The highest BCUT2D eigenvalue weighted by molar-refractivity contribution is 7.99. The molecule has 0 radical (unpaired) electrons. The van der Waals surface area contributed by atoms with E-state index in [-0.39, 0.29) is 5.91 Å². The van der Waals surface area contributed by atoms with Gasteiger partial charge in [0.2, 0.25) is 5.91 Å². The number of benzene rings is 2. The fourth-order valence-electron chi connectivity index (χ4n) is 2.93. The van der Waals surface area contributed by atoms with Gasteiger partial charge in [-0.25, -0.2) is 0 Å². The zero-order chi connectivity index (χ0) is 16.8. The molecule has 0 spiro atoms. The van der Waals surface area contributed by atoms with Crippen molar-refractivity contribution in [3.63, 3.8) is 0 Å². The van der Waals surface area contributed by atoms with E-state index in [2.05, 4.69) is 41.1 Å². The summed E-state index contributed by atoms with van der Waals surface area (Å²) in [5.74, 6) is 0.872. The van der Waals surface area contributed by atoms with Crippen molar-refractivity contribution in [2.24, 2.45) is 0 Å². The minimum absolute atomic E-state index is 0.0426. The molecule has 124 valence electrons. The first-order chi connectivity index (χ1) is 11.8. The van der Waals surface area contributed by atoms with E-state index in [1.54, 1.807) is 11.8 Å². The Labute approximate surface area is 147 Å². The fourth-order valence-corrected chi connectivity index (χ4v) is 3.67. The maximum absolute atomic E-state index is 12.4. The summed E-state index contributed by atoms with van der Waals surface area (Å²) in [5.41, 5.74) is 3.62. The van der Waals surface area contributed by atoms with Crippen molar-refractivity contribution < 1.29 is 4.79 Å². The molecule has 0 unspecified atom stereocenters. The van der Waals surface area contributed by atoms with Gasteiger partial charge in [-0.1, -0.05) is 42.5 Å². The largest absolute Gasteiger partial charge is 0.324 e. The van der Waals surface area contributed by atoms with Crippen LogP contribution in [0.1, 0.15) is 11.1 Å². The number of hydrogen-bond donors (Lipinski definition) is 1. The SMILES string of the molecule is C=CCSc1ccccc1NC(=O)CN1CCc2ccccc2C1. The summed E-state index contributed by atoms with van der Waals surface area (Å²) in [5, 5.41) is 3.05. The number of rotatable bonds is 6. The van der Waals surface area contributed by atoms with Crippen LogP contribution in [0.15, 0.2) is 66.1 Å². The number of thioether (sulfide) groups is 1. The van der Waals surface area contributed by atoms with E-state index in [4.69, 9.17) is 0 Å². The predicted molar refractivity (Wildman–Crippen MR) is 101 cm³/mol. The summed E-state index contributed by atoms with van der Waals surface area (Å²) in [4.78, 5) is 15.7. The average molecular weight is 338 g/mol. The number of carbonyl (C=O) groups excluding carboxylic acids is 1. The third kappa shape index (κ3) is 4.28. The molecule has 0 saturated carbocycles. The van der Waals surface area contributed by atoms with E-state index in [1.807, 2.05) is 30.3 Å². The topological polar surface area (TPSA) is 32.3 Å². The Morgan fingerprint density at radius 2 is 1.92 bits per heavy atom. The highest BCUT2D eigenvalue weighted by atomic mass is 32.2. The maximum Gasteiger partial charge on any atom is 0.238 e. The molecule has 1 aliphatic heterocycles. The van der Waals surface area contributed by atoms with Crippen molar-refractivity contribution in [3.05, 3.63) is 72.3 Å². The molecular formula is C20H22N2OS. The van der Waals surface area contributed by atoms with Gasteiger partial charge in [-0.3, -0.25) is 9.69 Å². The van der Waals surface area contributed by atoms with Crippen LogP contribution in [0.2, 0.25) is 0 Å². The Balaban J connectivity index is 1.60. The molecule has 0 saturated heterocycles. The normalized spacial score (nSPS) is 14.0. The third-order valence-corrected chi connectivity index (χ3v) is 5.16. The second kappa shape index (κ2) is 8.18. The third-order valence-electron chi connectivity index (χ3n) is 4.09. The number of para-hydroxylation sites is 1. The van der Waals surface area contributed by atoms with Crippen molar-refractivity contribution in [2.75, 3.05) is 24.2 Å². The zero-order valence-corrected chi connectivity index (χ0v) is 14.5. The maximum atomic E-state index is 12.4. The van der Waals surface area contributed by atoms with Crippen LogP contribution in [-0.2, 0) is 17.8 Å². The summed E-state index contributed by atoms with van der Waals surface area (Å²) in [7, 11) is 0. The van der Waals surface area contributed by atoms with Crippen LogP contribution in [-0.4, -0.2) is 29.6 Å². The molecule has 0 bridgehead atoms. The first kappa shape index (κ1) is 16.8. The molecular weight excluding hydrogens is 316 g/mol. The molecule has 1 amide bonds. The van der Waals surface area contributed by atoms with Crippen molar-refractivity contribution >= 4 is 23.4 Å². The molecule has 1 aliphatic rings. The van der Waals surface area contributed by atoms with Gasteiger partial charge in [0.05, 0.1) is 12.2 Å². The highest BCUT2D eigenvalue weighted by Crippen LogP contribution is 2.27. The lowest BCUT2D eigenvalue weighted by molar-refractivity contribution is -0.117. The average Bonchev–Trinajstić information content (AvgIpc) is 2.61.